The van der Waals surface area contributed by atoms with E-state index < -0.39 is 4.75 Å². The molecule has 0 bridgehead atoms. The molecule has 0 radical (unpaired) electrons. The van der Waals surface area contributed by atoms with Crippen LogP contribution in [0.2, 0.25) is 0 Å². The third-order valence-electron chi connectivity index (χ3n) is 5.66. The molecule has 2 atom stereocenters. The van der Waals surface area contributed by atoms with Crippen LogP contribution in [-0.4, -0.2) is 39.7 Å². The van der Waals surface area contributed by atoms with Crippen LogP contribution in [0.1, 0.15) is 38.8 Å². The zero-order valence-electron chi connectivity index (χ0n) is 18.6. The Balaban J connectivity index is 1.71. The van der Waals surface area contributed by atoms with E-state index in [9.17, 15) is 14.0 Å². The van der Waals surface area contributed by atoms with Crippen molar-refractivity contribution in [3.63, 3.8) is 0 Å². The van der Waals surface area contributed by atoms with Crippen molar-refractivity contribution in [3.8, 4) is 0 Å². The Kier molecular flexibility index (Phi) is 7.51. The molecule has 1 unspecified atom stereocenters. The molecule has 1 aromatic carbocycles. The normalized spacial score (nSPS) is 23.9. The van der Waals surface area contributed by atoms with Gasteiger partial charge in [-0.05, 0) is 56.5 Å². The lowest BCUT2D eigenvalue weighted by Crippen LogP contribution is -2.41. The first kappa shape index (κ1) is 23.7. The summed E-state index contributed by atoms with van der Waals surface area (Å²) >= 11 is 1.39. The standard InChI is InChI=1S/C25H28FN3O2S/c1-5-7-8-18(6-2)22(30)29-15-13-20(14-16-29)25(4)23(31)28-24(32-25)27-17(3)19-9-11-21(26)12-10-19/h5-13,17H,2,14-16H2,1,3-4H3,(H,27,28,31)/b7-5-,18-8+/t17-,25?/m0/s1. The molecular formula is C25H28FN3O2S. The van der Waals surface area contributed by atoms with Gasteiger partial charge in [0.25, 0.3) is 5.91 Å². The number of amidine groups is 1. The van der Waals surface area contributed by atoms with Gasteiger partial charge in [0.2, 0.25) is 5.91 Å². The molecule has 7 heteroatoms. The number of nitrogens with zero attached hydrogens (tertiary/aromatic N) is 2. The van der Waals surface area contributed by atoms with Gasteiger partial charge in [-0.2, -0.15) is 0 Å². The Hall–Kier alpha value is -2.93. The van der Waals surface area contributed by atoms with Crippen molar-refractivity contribution in [2.24, 2.45) is 4.99 Å². The zero-order chi connectivity index (χ0) is 23.3. The van der Waals surface area contributed by atoms with Crippen LogP contribution in [0.5, 0.6) is 0 Å². The average Bonchev–Trinajstić information content (AvgIpc) is 3.08. The van der Waals surface area contributed by atoms with Gasteiger partial charge < -0.3 is 10.2 Å². The molecule has 5 nitrogen and oxygen atoms in total. The molecule has 3 rings (SSSR count). The van der Waals surface area contributed by atoms with Crippen molar-refractivity contribution >= 4 is 28.7 Å². The minimum Gasteiger partial charge on any atom is -0.335 e. The van der Waals surface area contributed by atoms with Gasteiger partial charge in [0.15, 0.2) is 5.17 Å². The van der Waals surface area contributed by atoms with E-state index in [0.29, 0.717) is 30.3 Å². The van der Waals surface area contributed by atoms with Crippen LogP contribution in [0.3, 0.4) is 0 Å². The van der Waals surface area contributed by atoms with Crippen LogP contribution in [0.25, 0.3) is 0 Å². The van der Waals surface area contributed by atoms with Gasteiger partial charge in [0, 0.05) is 18.7 Å². The number of hydrogen-bond donors (Lipinski definition) is 1. The molecule has 2 aliphatic heterocycles. The van der Waals surface area contributed by atoms with E-state index in [-0.39, 0.29) is 23.7 Å². The number of nitrogens with one attached hydrogen (secondary N) is 1. The van der Waals surface area contributed by atoms with Crippen molar-refractivity contribution in [3.05, 3.63) is 83.8 Å². The van der Waals surface area contributed by atoms with Gasteiger partial charge in [0.05, 0.1) is 6.04 Å². The van der Waals surface area contributed by atoms with Crippen molar-refractivity contribution in [2.75, 3.05) is 13.1 Å². The van der Waals surface area contributed by atoms with Gasteiger partial charge >= 0.3 is 0 Å². The lowest BCUT2D eigenvalue weighted by molar-refractivity contribution is -0.126. The molecule has 1 saturated heterocycles. The molecule has 1 aromatic rings. The van der Waals surface area contributed by atoms with Crippen molar-refractivity contribution in [2.45, 2.75) is 38.0 Å². The van der Waals surface area contributed by atoms with Gasteiger partial charge in [0.1, 0.15) is 10.6 Å². The summed E-state index contributed by atoms with van der Waals surface area (Å²) in [5.41, 5.74) is 2.40. The number of amides is 2. The third-order valence-corrected chi connectivity index (χ3v) is 6.92. The highest BCUT2D eigenvalue weighted by atomic mass is 32.2. The van der Waals surface area contributed by atoms with E-state index in [1.54, 1.807) is 29.2 Å². The van der Waals surface area contributed by atoms with Crippen LogP contribution in [0.15, 0.2) is 77.4 Å². The predicted molar refractivity (Wildman–Crippen MR) is 129 cm³/mol. The second kappa shape index (κ2) is 10.1. The molecule has 0 aromatic heterocycles. The number of hydrogen-bond acceptors (Lipinski definition) is 4. The minimum atomic E-state index is -0.765. The lowest BCUT2D eigenvalue weighted by Gasteiger charge is -2.32. The Morgan fingerprint density at radius 3 is 2.69 bits per heavy atom. The number of aliphatic imine (C=N–C) groups is 1. The second-order valence-corrected chi connectivity index (χ2v) is 9.24. The van der Waals surface area contributed by atoms with E-state index in [1.807, 2.05) is 39.0 Å². The molecule has 1 fully saturated rings. The molecule has 2 aliphatic rings. The Morgan fingerprint density at radius 2 is 2.09 bits per heavy atom. The maximum Gasteiger partial charge on any atom is 0.254 e. The molecule has 0 spiro atoms. The summed E-state index contributed by atoms with van der Waals surface area (Å²) in [6.45, 7) is 10.4. The quantitative estimate of drug-likeness (QED) is 0.385. The summed E-state index contributed by atoms with van der Waals surface area (Å²) in [5.74, 6) is -0.477. The predicted octanol–water partition coefficient (Wildman–Crippen LogP) is 4.71. The first-order valence-electron chi connectivity index (χ1n) is 10.6. The van der Waals surface area contributed by atoms with E-state index in [2.05, 4.69) is 16.9 Å². The monoisotopic (exact) mass is 453 g/mol. The fraction of sp³-hybridized carbons (Fsp3) is 0.320. The molecular weight excluding hydrogens is 425 g/mol. The van der Waals surface area contributed by atoms with Gasteiger partial charge in [-0.1, -0.05) is 54.8 Å². The first-order chi connectivity index (χ1) is 15.3. The molecule has 1 N–H and O–H groups in total. The van der Waals surface area contributed by atoms with Crippen LogP contribution < -0.4 is 5.32 Å². The first-order valence-corrected chi connectivity index (χ1v) is 11.4. The lowest BCUT2D eigenvalue weighted by atomic mass is 9.93. The molecule has 32 heavy (non-hydrogen) atoms. The van der Waals surface area contributed by atoms with Gasteiger partial charge in [-0.25, -0.2) is 4.39 Å². The average molecular weight is 454 g/mol. The summed E-state index contributed by atoms with van der Waals surface area (Å²) in [6, 6.07) is 5.99. The van der Waals surface area contributed by atoms with Crippen LogP contribution in [-0.2, 0) is 9.59 Å². The molecule has 0 saturated carbocycles. The number of allylic oxidation sites excluding steroid dienone is 3. The minimum absolute atomic E-state index is 0.0718. The summed E-state index contributed by atoms with van der Waals surface area (Å²) in [4.78, 5) is 32.0. The molecule has 0 aliphatic carbocycles. The third kappa shape index (κ3) is 5.10. The van der Waals surface area contributed by atoms with Crippen LogP contribution >= 0.6 is 11.8 Å². The highest BCUT2D eigenvalue weighted by Crippen LogP contribution is 2.41. The number of thioether (sulfide) groups is 1. The van der Waals surface area contributed by atoms with Gasteiger partial charge in [-0.3, -0.25) is 14.6 Å². The Morgan fingerprint density at radius 1 is 1.38 bits per heavy atom. The molecule has 2 heterocycles. The highest BCUT2D eigenvalue weighted by Gasteiger charge is 2.46. The Labute approximate surface area is 192 Å². The summed E-state index contributed by atoms with van der Waals surface area (Å²) in [5, 5.41) is 3.44. The largest absolute Gasteiger partial charge is 0.335 e. The van der Waals surface area contributed by atoms with Crippen LogP contribution in [0, 0.1) is 5.82 Å². The SMILES string of the molecule is C=C/C(=C\C=C/C)C(=O)N1CC=C(C2(C)SC(=N[C@@H](C)c3ccc(F)cc3)NC2=O)CC1. The Bertz CT molecular complexity index is 1030. The molecule has 168 valence electrons. The summed E-state index contributed by atoms with van der Waals surface area (Å²) in [6.07, 6.45) is 9.57. The number of carbonyl (C=O) groups excluding carboxylic acids is 2. The summed E-state index contributed by atoms with van der Waals surface area (Å²) in [7, 11) is 0. The highest BCUT2D eigenvalue weighted by molar-refractivity contribution is 8.16. The van der Waals surface area contributed by atoms with E-state index in [1.165, 1.54) is 23.9 Å². The number of carbonyl (C=O) groups is 2. The smallest absolute Gasteiger partial charge is 0.254 e. The number of benzene rings is 1. The maximum absolute atomic E-state index is 13.2. The number of rotatable bonds is 6. The second-order valence-electron chi connectivity index (χ2n) is 7.83. The molecule has 2 amide bonds. The van der Waals surface area contributed by atoms with Crippen LogP contribution in [0.4, 0.5) is 4.39 Å². The topological polar surface area (TPSA) is 61.8 Å². The summed E-state index contributed by atoms with van der Waals surface area (Å²) < 4.78 is 12.4. The zero-order valence-corrected chi connectivity index (χ0v) is 19.4. The number of halogens is 1. The fourth-order valence-corrected chi connectivity index (χ4v) is 4.84. The van der Waals surface area contributed by atoms with E-state index >= 15 is 0 Å². The van der Waals surface area contributed by atoms with E-state index in [0.717, 1.165) is 11.1 Å². The van der Waals surface area contributed by atoms with Crippen molar-refractivity contribution in [1.29, 1.82) is 0 Å². The van der Waals surface area contributed by atoms with Gasteiger partial charge in [-0.15, -0.1) is 0 Å². The van der Waals surface area contributed by atoms with Crippen molar-refractivity contribution < 1.29 is 14.0 Å². The van der Waals surface area contributed by atoms with E-state index in [4.69, 9.17) is 0 Å². The van der Waals surface area contributed by atoms with Crippen molar-refractivity contribution in [1.82, 2.24) is 10.2 Å². The maximum atomic E-state index is 13.2. The fourth-order valence-electron chi connectivity index (χ4n) is 3.64.